The Morgan fingerprint density at radius 3 is 2.55 bits per heavy atom. The van der Waals surface area contributed by atoms with E-state index in [1.807, 2.05) is 13.0 Å². The summed E-state index contributed by atoms with van der Waals surface area (Å²) in [5.41, 5.74) is 0.903. The highest BCUT2D eigenvalue weighted by molar-refractivity contribution is 7.89. The first-order chi connectivity index (χ1) is 9.95. The van der Waals surface area contributed by atoms with Crippen molar-refractivity contribution in [2.45, 2.75) is 31.6 Å². The maximum Gasteiger partial charge on any atom is 0.244 e. The lowest BCUT2D eigenvalue weighted by atomic mass is 9.98. The first-order valence-corrected chi connectivity index (χ1v) is 9.24. The van der Waals surface area contributed by atoms with E-state index in [1.165, 1.54) is 0 Å². The normalized spacial score (nSPS) is 17.2. The van der Waals surface area contributed by atoms with Crippen molar-refractivity contribution in [3.8, 4) is 0 Å². The van der Waals surface area contributed by atoms with E-state index < -0.39 is 10.0 Å². The summed E-state index contributed by atoms with van der Waals surface area (Å²) in [6, 6.07) is 5.13. The van der Waals surface area contributed by atoms with Gasteiger partial charge in [0.2, 0.25) is 10.0 Å². The van der Waals surface area contributed by atoms with Crippen molar-refractivity contribution in [3.05, 3.63) is 28.8 Å². The Balaban J connectivity index is 0.00000242. The van der Waals surface area contributed by atoms with Gasteiger partial charge in [-0.1, -0.05) is 24.6 Å². The molecule has 1 aliphatic heterocycles. The first kappa shape index (κ1) is 19.7. The fourth-order valence-corrected chi connectivity index (χ4v) is 4.68. The molecule has 0 aromatic heterocycles. The number of benzene rings is 1. The van der Waals surface area contributed by atoms with Gasteiger partial charge in [-0.05, 0) is 56.5 Å². The fourth-order valence-electron chi connectivity index (χ4n) is 2.65. The van der Waals surface area contributed by atoms with Gasteiger partial charge in [-0.3, -0.25) is 0 Å². The Morgan fingerprint density at radius 2 is 1.95 bits per heavy atom. The number of piperidine rings is 1. The molecule has 1 aliphatic rings. The molecule has 0 saturated carbocycles. The molecule has 4 nitrogen and oxygen atoms in total. The Hall–Kier alpha value is -0.330. The van der Waals surface area contributed by atoms with Crippen LogP contribution in [-0.2, 0) is 10.0 Å². The molecule has 0 unspecified atom stereocenters. The molecule has 1 saturated heterocycles. The van der Waals surface area contributed by atoms with E-state index in [2.05, 4.69) is 12.2 Å². The summed E-state index contributed by atoms with van der Waals surface area (Å²) >= 11 is 6.08. The van der Waals surface area contributed by atoms with Gasteiger partial charge in [-0.2, -0.15) is 4.31 Å². The van der Waals surface area contributed by atoms with Crippen LogP contribution in [0.3, 0.4) is 0 Å². The van der Waals surface area contributed by atoms with Crippen LogP contribution in [0.5, 0.6) is 0 Å². The summed E-state index contributed by atoms with van der Waals surface area (Å²) in [5.74, 6) is 0.560. The van der Waals surface area contributed by atoms with Gasteiger partial charge in [-0.25, -0.2) is 8.42 Å². The minimum Gasteiger partial charge on any atom is -0.317 e. The predicted octanol–water partition coefficient (Wildman–Crippen LogP) is 3.08. The Morgan fingerprint density at radius 1 is 1.32 bits per heavy atom. The lowest BCUT2D eigenvalue weighted by Crippen LogP contribution is -2.40. The summed E-state index contributed by atoms with van der Waals surface area (Å²) in [4.78, 5) is 0.231. The third-order valence-corrected chi connectivity index (χ3v) is 6.34. The zero-order valence-electron chi connectivity index (χ0n) is 13.0. The highest BCUT2D eigenvalue weighted by Crippen LogP contribution is 2.28. The molecule has 1 N–H and O–H groups in total. The SMILES string of the molecule is CCNCC1CCN(S(=O)(=O)c2cc(C)ccc2Cl)CC1.Cl. The van der Waals surface area contributed by atoms with Gasteiger partial charge in [0.05, 0.1) is 5.02 Å². The molecule has 22 heavy (non-hydrogen) atoms. The number of hydrogen-bond donors (Lipinski definition) is 1. The molecular formula is C15H24Cl2N2O2S. The van der Waals surface area contributed by atoms with Gasteiger partial charge in [0.1, 0.15) is 4.90 Å². The van der Waals surface area contributed by atoms with Crippen molar-refractivity contribution >= 4 is 34.0 Å². The minimum absolute atomic E-state index is 0. The van der Waals surface area contributed by atoms with Crippen LogP contribution < -0.4 is 5.32 Å². The molecule has 0 atom stereocenters. The Bertz CT molecular complexity index is 585. The van der Waals surface area contributed by atoms with E-state index >= 15 is 0 Å². The summed E-state index contributed by atoms with van der Waals surface area (Å²) in [5, 5.41) is 3.63. The van der Waals surface area contributed by atoms with Crippen LogP contribution in [0.25, 0.3) is 0 Å². The molecule has 1 heterocycles. The maximum absolute atomic E-state index is 12.7. The molecule has 0 spiro atoms. The smallest absolute Gasteiger partial charge is 0.244 e. The molecular weight excluding hydrogens is 343 g/mol. The highest BCUT2D eigenvalue weighted by atomic mass is 35.5. The van der Waals surface area contributed by atoms with Gasteiger partial charge in [0.25, 0.3) is 0 Å². The van der Waals surface area contributed by atoms with Crippen molar-refractivity contribution in [2.24, 2.45) is 5.92 Å². The van der Waals surface area contributed by atoms with E-state index in [0.717, 1.165) is 31.5 Å². The minimum atomic E-state index is -3.48. The summed E-state index contributed by atoms with van der Waals surface area (Å²) in [7, 11) is -3.48. The average molecular weight is 367 g/mol. The fraction of sp³-hybridized carbons (Fsp3) is 0.600. The third-order valence-electron chi connectivity index (χ3n) is 3.96. The standard InChI is InChI=1S/C15H23ClN2O2S.ClH/c1-3-17-11-13-6-8-18(9-7-13)21(19,20)15-10-12(2)4-5-14(15)16;/h4-5,10,13,17H,3,6-9,11H2,1-2H3;1H. The van der Waals surface area contributed by atoms with E-state index in [-0.39, 0.29) is 17.3 Å². The van der Waals surface area contributed by atoms with Gasteiger partial charge < -0.3 is 5.32 Å². The van der Waals surface area contributed by atoms with E-state index in [4.69, 9.17) is 11.6 Å². The second-order valence-corrected chi connectivity index (χ2v) is 7.90. The van der Waals surface area contributed by atoms with Crippen molar-refractivity contribution in [2.75, 3.05) is 26.2 Å². The monoisotopic (exact) mass is 366 g/mol. The number of aryl methyl sites for hydroxylation is 1. The van der Waals surface area contributed by atoms with Gasteiger partial charge >= 0.3 is 0 Å². The average Bonchev–Trinajstić information content (AvgIpc) is 2.48. The number of nitrogens with one attached hydrogen (secondary N) is 1. The van der Waals surface area contributed by atoms with Gasteiger partial charge in [0, 0.05) is 13.1 Å². The van der Waals surface area contributed by atoms with Crippen LogP contribution in [0, 0.1) is 12.8 Å². The lowest BCUT2D eigenvalue weighted by molar-refractivity contribution is 0.268. The van der Waals surface area contributed by atoms with Crippen LogP contribution in [0.2, 0.25) is 5.02 Å². The Labute approximate surface area is 144 Å². The molecule has 0 radical (unpaired) electrons. The van der Waals surface area contributed by atoms with Crippen LogP contribution in [0.15, 0.2) is 23.1 Å². The van der Waals surface area contributed by atoms with Crippen molar-refractivity contribution in [1.29, 1.82) is 0 Å². The number of nitrogens with zero attached hydrogens (tertiary/aromatic N) is 1. The van der Waals surface area contributed by atoms with Crippen LogP contribution in [-0.4, -0.2) is 38.9 Å². The van der Waals surface area contributed by atoms with Crippen molar-refractivity contribution in [1.82, 2.24) is 9.62 Å². The van der Waals surface area contributed by atoms with E-state index in [1.54, 1.807) is 16.4 Å². The number of hydrogen-bond acceptors (Lipinski definition) is 3. The Kier molecular flexibility index (Phi) is 7.62. The third kappa shape index (κ3) is 4.59. The topological polar surface area (TPSA) is 49.4 Å². The number of rotatable bonds is 5. The summed E-state index contributed by atoms with van der Waals surface area (Å²) in [6.45, 7) is 7.02. The molecule has 0 aliphatic carbocycles. The van der Waals surface area contributed by atoms with Crippen LogP contribution >= 0.6 is 24.0 Å². The molecule has 0 amide bonds. The molecule has 126 valence electrons. The molecule has 1 aromatic carbocycles. The first-order valence-electron chi connectivity index (χ1n) is 7.42. The van der Waals surface area contributed by atoms with E-state index in [9.17, 15) is 8.42 Å². The van der Waals surface area contributed by atoms with Crippen LogP contribution in [0.1, 0.15) is 25.3 Å². The molecule has 1 fully saturated rings. The van der Waals surface area contributed by atoms with Gasteiger partial charge in [-0.15, -0.1) is 12.4 Å². The van der Waals surface area contributed by atoms with Crippen molar-refractivity contribution in [3.63, 3.8) is 0 Å². The van der Waals surface area contributed by atoms with E-state index in [0.29, 0.717) is 24.0 Å². The zero-order valence-corrected chi connectivity index (χ0v) is 15.4. The number of halogens is 2. The second kappa shape index (κ2) is 8.50. The molecule has 1 aromatic rings. The van der Waals surface area contributed by atoms with Crippen molar-refractivity contribution < 1.29 is 8.42 Å². The van der Waals surface area contributed by atoms with Crippen LogP contribution in [0.4, 0.5) is 0 Å². The number of sulfonamides is 1. The lowest BCUT2D eigenvalue weighted by Gasteiger charge is -2.31. The zero-order chi connectivity index (χ0) is 15.5. The highest BCUT2D eigenvalue weighted by Gasteiger charge is 2.30. The largest absolute Gasteiger partial charge is 0.317 e. The predicted molar refractivity (Wildman–Crippen MR) is 93.5 cm³/mol. The quantitative estimate of drug-likeness (QED) is 0.870. The maximum atomic E-state index is 12.7. The summed E-state index contributed by atoms with van der Waals surface area (Å²) < 4.78 is 27.0. The van der Waals surface area contributed by atoms with Gasteiger partial charge in [0.15, 0.2) is 0 Å². The summed E-state index contributed by atoms with van der Waals surface area (Å²) in [6.07, 6.45) is 1.80. The molecule has 7 heteroatoms. The second-order valence-electron chi connectivity index (χ2n) is 5.59. The molecule has 2 rings (SSSR count). The molecule has 0 bridgehead atoms.